The summed E-state index contributed by atoms with van der Waals surface area (Å²) in [7, 11) is 0. The molecule has 0 fully saturated rings. The summed E-state index contributed by atoms with van der Waals surface area (Å²) in [4.78, 5) is 0. The molecule has 0 heterocycles. The van der Waals surface area contributed by atoms with Crippen molar-refractivity contribution in [2.45, 2.75) is 0 Å². The van der Waals surface area contributed by atoms with Gasteiger partial charge in [-0.25, -0.2) is 0 Å². The molecule has 8 heteroatoms. The van der Waals surface area contributed by atoms with E-state index in [1.54, 1.807) is 0 Å². The van der Waals surface area contributed by atoms with Gasteiger partial charge in [0.25, 0.3) is 0 Å². The van der Waals surface area contributed by atoms with E-state index >= 15 is 0 Å². The molecule has 0 aliphatic heterocycles. The molecular formula is O6TcV. The fraction of sp³-hybridized carbons (Fsp3) is 0. The molecule has 0 saturated heterocycles. The van der Waals surface area contributed by atoms with Crippen LogP contribution < -0.4 is 0 Å². The second-order valence-electron chi connectivity index (χ2n) is 0. The van der Waals surface area contributed by atoms with E-state index in [0.29, 0.717) is 0 Å². The smallest absolute Gasteiger partial charge is 2.00 e. The first-order valence-corrected chi connectivity index (χ1v) is 0. The van der Waals surface area contributed by atoms with Gasteiger partial charge in [0, 0.05) is 0 Å². The minimum atomic E-state index is 0. The Balaban J connectivity index is 0. The molecule has 0 amide bonds. The molecule has 0 unspecified atom stereocenters. The molecular weight excluding hydrogens is 245 g/mol. The molecule has 0 aromatic heterocycles. The van der Waals surface area contributed by atoms with Crippen LogP contribution in [-0.2, 0) is 71.5 Å². The molecule has 48 valence electrons. The Hall–Kier alpha value is 0.994. The van der Waals surface area contributed by atoms with E-state index in [2.05, 4.69) is 0 Å². The first-order valence-electron chi connectivity index (χ1n) is 0. The summed E-state index contributed by atoms with van der Waals surface area (Å²) < 4.78 is 0. The number of rotatable bonds is 0. The van der Waals surface area contributed by atoms with Gasteiger partial charge in [-0.1, -0.05) is 0 Å². The van der Waals surface area contributed by atoms with Crippen molar-refractivity contribution >= 4 is 0 Å². The fourth-order valence-corrected chi connectivity index (χ4v) is 0. The molecule has 0 atom stereocenters. The van der Waals surface area contributed by atoms with Crippen LogP contribution in [0.1, 0.15) is 0 Å². The minimum absolute atomic E-state index is 0. The average molecular weight is 245 g/mol. The van der Waals surface area contributed by atoms with Crippen LogP contribution >= 0.6 is 0 Å². The number of hydrogen-bond donors (Lipinski definition) is 0. The van der Waals surface area contributed by atoms with Crippen LogP contribution in [0.25, 0.3) is 0 Å². The van der Waals surface area contributed by atoms with Crippen molar-refractivity contribution in [3.05, 3.63) is 0 Å². The van der Waals surface area contributed by atoms with Gasteiger partial charge in [-0.2, -0.15) is 0 Å². The molecule has 0 spiro atoms. The summed E-state index contributed by atoms with van der Waals surface area (Å²) in [5.74, 6) is 0. The first-order chi connectivity index (χ1) is 0. The van der Waals surface area contributed by atoms with Crippen LogP contribution in [0.5, 0.6) is 0 Å². The standard InChI is InChI=1S/6O.Tc.V/q6*-2;+7;+5. The maximum atomic E-state index is 0. The van der Waals surface area contributed by atoms with Crippen molar-refractivity contribution in [1.29, 1.82) is 0 Å². The third-order valence-electron chi connectivity index (χ3n) is 0. The molecule has 8 heavy (non-hydrogen) atoms. The second kappa shape index (κ2) is 396. The van der Waals surface area contributed by atoms with Gasteiger partial charge in [0.15, 0.2) is 0 Å². The monoisotopic (exact) mass is 244 g/mol. The van der Waals surface area contributed by atoms with E-state index in [1.807, 2.05) is 0 Å². The Morgan fingerprint density at radius 2 is 0.375 bits per heavy atom. The SMILES string of the molecule is [O-2].[O-2].[O-2].[O-2].[O-2].[O-2].[Tc+7].[V+5]. The van der Waals surface area contributed by atoms with E-state index in [0.717, 1.165) is 0 Å². The van der Waals surface area contributed by atoms with Gasteiger partial charge in [0.2, 0.25) is 0 Å². The maximum absolute atomic E-state index is 0. The Kier molecular flexibility index (Phi) is 28800. The molecule has 0 aliphatic rings. The average Bonchev–Trinajstić information content (AvgIpc) is 0. The third-order valence-corrected chi connectivity index (χ3v) is 0. The quantitative estimate of drug-likeness (QED) is 0.524. The topological polar surface area (TPSA) is 171 Å². The van der Waals surface area contributed by atoms with Gasteiger partial charge < -0.3 is 32.9 Å². The molecule has 0 bridgehead atoms. The van der Waals surface area contributed by atoms with Gasteiger partial charge in [0.1, 0.15) is 0 Å². The van der Waals surface area contributed by atoms with Crippen LogP contribution in [0, 0.1) is 0 Å². The van der Waals surface area contributed by atoms with Crippen molar-refractivity contribution in [3.8, 4) is 0 Å². The van der Waals surface area contributed by atoms with E-state index in [-0.39, 0.29) is 71.5 Å². The van der Waals surface area contributed by atoms with Crippen molar-refractivity contribution in [3.63, 3.8) is 0 Å². The van der Waals surface area contributed by atoms with Gasteiger partial charge in [0.05, 0.1) is 0 Å². The zero-order valence-corrected chi connectivity index (χ0v) is 6.53. The van der Waals surface area contributed by atoms with Gasteiger partial charge in [-0.3, -0.25) is 0 Å². The molecule has 6 nitrogen and oxygen atoms in total. The predicted molar refractivity (Wildman–Crippen MR) is 4.12 cm³/mol. The molecule has 0 N–H and O–H groups in total. The van der Waals surface area contributed by atoms with Crippen molar-refractivity contribution in [2.24, 2.45) is 0 Å². The summed E-state index contributed by atoms with van der Waals surface area (Å²) in [5.41, 5.74) is 0. The summed E-state index contributed by atoms with van der Waals surface area (Å²) in [6.45, 7) is 0. The van der Waals surface area contributed by atoms with Crippen molar-refractivity contribution in [1.82, 2.24) is 0 Å². The van der Waals surface area contributed by atoms with E-state index in [1.165, 1.54) is 0 Å². The second-order valence-corrected chi connectivity index (χ2v) is 0. The zero-order chi connectivity index (χ0) is 0. The summed E-state index contributed by atoms with van der Waals surface area (Å²) >= 11 is 0. The molecule has 0 aromatic carbocycles. The van der Waals surface area contributed by atoms with Crippen LogP contribution in [0.3, 0.4) is 0 Å². The molecule has 0 aliphatic carbocycles. The van der Waals surface area contributed by atoms with Crippen LogP contribution in [0.15, 0.2) is 0 Å². The number of hydrogen-bond acceptors (Lipinski definition) is 0. The Morgan fingerprint density at radius 1 is 0.375 bits per heavy atom. The van der Waals surface area contributed by atoms with Gasteiger partial charge in [-0.05, 0) is 0 Å². The van der Waals surface area contributed by atoms with Crippen molar-refractivity contribution in [2.75, 3.05) is 0 Å². The molecule has 0 aromatic rings. The maximum Gasteiger partial charge on any atom is 7.00 e. The van der Waals surface area contributed by atoms with Crippen LogP contribution in [-0.4, -0.2) is 0 Å². The Labute approximate surface area is 71.7 Å². The van der Waals surface area contributed by atoms with Crippen LogP contribution in [0.4, 0.5) is 0 Å². The Morgan fingerprint density at radius 3 is 0.375 bits per heavy atom. The first kappa shape index (κ1) is 582. The third kappa shape index (κ3) is 254. The van der Waals surface area contributed by atoms with Gasteiger partial charge >= 0.3 is 38.7 Å². The van der Waals surface area contributed by atoms with Gasteiger partial charge in [-0.15, -0.1) is 0 Å². The van der Waals surface area contributed by atoms with E-state index < -0.39 is 0 Å². The molecule has 0 rings (SSSR count). The molecule has 0 radical (unpaired) electrons. The normalized spacial score (nSPS) is 0. The summed E-state index contributed by atoms with van der Waals surface area (Å²) in [5, 5.41) is 0. The predicted octanol–water partition coefficient (Wildman–Crippen LogP) is -0.718. The fourth-order valence-electron chi connectivity index (χ4n) is 0. The largest absolute Gasteiger partial charge is 7.00 e. The van der Waals surface area contributed by atoms with Crippen LogP contribution in [0.2, 0.25) is 0 Å². The molecule has 0 saturated carbocycles. The summed E-state index contributed by atoms with van der Waals surface area (Å²) in [6.07, 6.45) is 0. The van der Waals surface area contributed by atoms with Crippen molar-refractivity contribution < 1.29 is 71.5 Å². The van der Waals surface area contributed by atoms with E-state index in [4.69, 9.17) is 0 Å². The minimum Gasteiger partial charge on any atom is -2.00 e. The Bertz CT molecular complexity index is 8.49. The van der Waals surface area contributed by atoms with E-state index in [9.17, 15) is 0 Å². The summed E-state index contributed by atoms with van der Waals surface area (Å²) in [6, 6.07) is 0. The zero-order valence-electron chi connectivity index (χ0n) is 3.27.